The molecule has 3 rings (SSSR count). The van der Waals surface area contributed by atoms with Crippen LogP contribution in [0.4, 0.5) is 5.69 Å². The van der Waals surface area contributed by atoms with Crippen LogP contribution in [-0.4, -0.2) is 11.8 Å². The Bertz CT molecular complexity index is 837. The molecule has 0 aliphatic carbocycles. The summed E-state index contributed by atoms with van der Waals surface area (Å²) in [5, 5.41) is 0.476. The second-order valence-corrected chi connectivity index (χ2v) is 6.70. The number of imide groups is 1. The van der Waals surface area contributed by atoms with E-state index >= 15 is 0 Å². The molecule has 0 aromatic heterocycles. The van der Waals surface area contributed by atoms with Gasteiger partial charge < -0.3 is 0 Å². The molecular weight excluding hydrogens is 345 g/mol. The molecule has 0 atom stereocenters. The maximum atomic E-state index is 12.8. The number of benzene rings is 2. The Labute approximate surface area is 150 Å². The number of amides is 2. The number of hydrogen-bond donors (Lipinski definition) is 0. The molecule has 3 nitrogen and oxygen atoms in total. The van der Waals surface area contributed by atoms with Gasteiger partial charge in [0, 0.05) is 5.02 Å². The monoisotopic (exact) mass is 359 g/mol. The molecule has 24 heavy (non-hydrogen) atoms. The molecule has 0 radical (unpaired) electrons. The van der Waals surface area contributed by atoms with E-state index in [1.807, 2.05) is 12.1 Å². The molecule has 0 saturated heterocycles. The molecule has 5 heteroatoms. The largest absolute Gasteiger partial charge is 0.277 e. The summed E-state index contributed by atoms with van der Waals surface area (Å²) in [4.78, 5) is 26.3. The standard InChI is InChI=1S/C19H15Cl2NO2/c1-11(2)12-5-9-15(10-6-12)22-18(23)16(17(21)19(22)24)13-3-7-14(20)8-4-13/h3-11H,1-2H3. The van der Waals surface area contributed by atoms with Crippen molar-refractivity contribution in [3.8, 4) is 0 Å². The number of carbonyl (C=O) groups excluding carboxylic acids is 2. The highest BCUT2D eigenvalue weighted by atomic mass is 35.5. The van der Waals surface area contributed by atoms with Crippen LogP contribution >= 0.6 is 23.2 Å². The SMILES string of the molecule is CC(C)c1ccc(N2C(=O)C(Cl)=C(c3ccc(Cl)cc3)C2=O)cc1. The Morgan fingerprint density at radius 2 is 1.42 bits per heavy atom. The lowest BCUT2D eigenvalue weighted by Crippen LogP contribution is -2.31. The number of nitrogens with zero attached hydrogens (tertiary/aromatic N) is 1. The van der Waals surface area contributed by atoms with Gasteiger partial charge in [-0.2, -0.15) is 0 Å². The minimum Gasteiger partial charge on any atom is -0.268 e. The van der Waals surface area contributed by atoms with Crippen molar-refractivity contribution >= 4 is 46.3 Å². The molecule has 1 aliphatic rings. The zero-order chi connectivity index (χ0) is 17.4. The van der Waals surface area contributed by atoms with Gasteiger partial charge in [-0.05, 0) is 41.3 Å². The van der Waals surface area contributed by atoms with Gasteiger partial charge in [0.1, 0.15) is 5.03 Å². The van der Waals surface area contributed by atoms with Gasteiger partial charge in [-0.1, -0.05) is 61.3 Å². The molecule has 0 saturated carbocycles. The lowest BCUT2D eigenvalue weighted by atomic mass is 10.0. The van der Waals surface area contributed by atoms with Gasteiger partial charge in [0.05, 0.1) is 11.3 Å². The molecule has 1 aliphatic heterocycles. The van der Waals surface area contributed by atoms with Crippen molar-refractivity contribution in [1.29, 1.82) is 0 Å². The topological polar surface area (TPSA) is 37.4 Å². The van der Waals surface area contributed by atoms with Crippen molar-refractivity contribution in [1.82, 2.24) is 0 Å². The van der Waals surface area contributed by atoms with E-state index in [1.165, 1.54) is 0 Å². The molecule has 0 N–H and O–H groups in total. The van der Waals surface area contributed by atoms with Gasteiger partial charge in [-0.25, -0.2) is 4.90 Å². The molecule has 0 unspecified atom stereocenters. The predicted octanol–water partition coefficient (Wildman–Crippen LogP) is 4.99. The Balaban J connectivity index is 1.97. The summed E-state index contributed by atoms with van der Waals surface area (Å²) in [7, 11) is 0. The predicted molar refractivity (Wildman–Crippen MR) is 97.2 cm³/mol. The van der Waals surface area contributed by atoms with Gasteiger partial charge in [0.2, 0.25) is 0 Å². The van der Waals surface area contributed by atoms with Crippen LogP contribution in [-0.2, 0) is 9.59 Å². The van der Waals surface area contributed by atoms with Gasteiger partial charge >= 0.3 is 0 Å². The fourth-order valence-electron chi connectivity index (χ4n) is 2.61. The van der Waals surface area contributed by atoms with Crippen LogP contribution < -0.4 is 4.90 Å². The molecule has 2 aromatic carbocycles. The molecule has 0 fully saturated rings. The van der Waals surface area contributed by atoms with Crippen LogP contribution in [0.5, 0.6) is 0 Å². The summed E-state index contributed by atoms with van der Waals surface area (Å²) < 4.78 is 0. The first kappa shape index (κ1) is 16.7. The highest BCUT2D eigenvalue weighted by Crippen LogP contribution is 2.35. The summed E-state index contributed by atoms with van der Waals surface area (Å²) in [6.45, 7) is 4.16. The first-order chi connectivity index (χ1) is 11.4. The Morgan fingerprint density at radius 3 is 1.96 bits per heavy atom. The quantitative estimate of drug-likeness (QED) is 0.724. The molecule has 2 aromatic rings. The summed E-state index contributed by atoms with van der Waals surface area (Å²) in [6.07, 6.45) is 0. The van der Waals surface area contributed by atoms with Crippen molar-refractivity contribution in [3.63, 3.8) is 0 Å². The number of rotatable bonds is 3. The molecule has 2 amide bonds. The number of halogens is 2. The highest BCUT2D eigenvalue weighted by molar-refractivity contribution is 6.60. The van der Waals surface area contributed by atoms with Crippen molar-refractivity contribution in [2.75, 3.05) is 4.90 Å². The maximum absolute atomic E-state index is 12.8. The van der Waals surface area contributed by atoms with Gasteiger partial charge in [-0.3, -0.25) is 9.59 Å². The van der Waals surface area contributed by atoms with Crippen LogP contribution in [0.25, 0.3) is 5.57 Å². The Morgan fingerprint density at radius 1 is 0.833 bits per heavy atom. The summed E-state index contributed by atoms with van der Waals surface area (Å²) in [5.41, 5.74) is 2.42. The Kier molecular flexibility index (Phi) is 4.48. The lowest BCUT2D eigenvalue weighted by Gasteiger charge is -2.16. The van der Waals surface area contributed by atoms with Crippen molar-refractivity contribution in [3.05, 3.63) is 69.7 Å². The van der Waals surface area contributed by atoms with E-state index in [0.717, 1.165) is 10.5 Å². The molecule has 0 spiro atoms. The van der Waals surface area contributed by atoms with Gasteiger partial charge in [0.25, 0.3) is 11.8 Å². The summed E-state index contributed by atoms with van der Waals surface area (Å²) >= 11 is 12.0. The van der Waals surface area contributed by atoms with Crippen molar-refractivity contribution < 1.29 is 9.59 Å². The van der Waals surface area contributed by atoms with E-state index < -0.39 is 11.8 Å². The van der Waals surface area contributed by atoms with Crippen LogP contribution in [0.3, 0.4) is 0 Å². The van der Waals surface area contributed by atoms with Crippen LogP contribution in [0.15, 0.2) is 53.6 Å². The van der Waals surface area contributed by atoms with E-state index in [0.29, 0.717) is 22.2 Å². The fraction of sp³-hybridized carbons (Fsp3) is 0.158. The normalized spacial score (nSPS) is 15.0. The number of hydrogen-bond acceptors (Lipinski definition) is 2. The number of carbonyl (C=O) groups is 2. The van der Waals surface area contributed by atoms with E-state index in [4.69, 9.17) is 23.2 Å². The zero-order valence-electron chi connectivity index (χ0n) is 13.2. The third-order valence-corrected chi connectivity index (χ3v) is 4.58. The van der Waals surface area contributed by atoms with Crippen LogP contribution in [0.1, 0.15) is 30.9 Å². The minimum absolute atomic E-state index is 0.0738. The maximum Gasteiger partial charge on any atom is 0.277 e. The molecule has 122 valence electrons. The van der Waals surface area contributed by atoms with Crippen molar-refractivity contribution in [2.45, 2.75) is 19.8 Å². The molecule has 0 bridgehead atoms. The van der Waals surface area contributed by atoms with Crippen LogP contribution in [0.2, 0.25) is 5.02 Å². The highest BCUT2D eigenvalue weighted by Gasteiger charge is 2.39. The van der Waals surface area contributed by atoms with E-state index in [-0.39, 0.29) is 10.6 Å². The Hall–Kier alpha value is -2.10. The van der Waals surface area contributed by atoms with Gasteiger partial charge in [0.15, 0.2) is 0 Å². The molecular formula is C19H15Cl2NO2. The average Bonchev–Trinajstić information content (AvgIpc) is 2.78. The van der Waals surface area contributed by atoms with E-state index in [2.05, 4.69) is 13.8 Å². The second-order valence-electron chi connectivity index (χ2n) is 5.89. The third kappa shape index (κ3) is 2.85. The van der Waals surface area contributed by atoms with Crippen LogP contribution in [0, 0.1) is 0 Å². The number of anilines is 1. The second kappa shape index (κ2) is 6.42. The first-order valence-corrected chi connectivity index (χ1v) is 8.30. The minimum atomic E-state index is -0.510. The third-order valence-electron chi connectivity index (χ3n) is 3.98. The summed E-state index contributed by atoms with van der Waals surface area (Å²) in [5.74, 6) is -0.566. The van der Waals surface area contributed by atoms with Crippen molar-refractivity contribution in [2.24, 2.45) is 0 Å². The summed E-state index contributed by atoms with van der Waals surface area (Å²) in [6, 6.07) is 14.0. The molecule has 1 heterocycles. The first-order valence-electron chi connectivity index (χ1n) is 7.54. The van der Waals surface area contributed by atoms with Gasteiger partial charge in [-0.15, -0.1) is 0 Å². The average molecular weight is 360 g/mol. The van der Waals surface area contributed by atoms with E-state index in [1.54, 1.807) is 36.4 Å². The fourth-order valence-corrected chi connectivity index (χ4v) is 3.01. The zero-order valence-corrected chi connectivity index (χ0v) is 14.7. The smallest absolute Gasteiger partial charge is 0.268 e. The van der Waals surface area contributed by atoms with E-state index in [9.17, 15) is 9.59 Å². The lowest BCUT2D eigenvalue weighted by molar-refractivity contribution is -0.119.